The molecule has 0 saturated carbocycles. The summed E-state index contributed by atoms with van der Waals surface area (Å²) in [7, 11) is -3.38. The Morgan fingerprint density at radius 2 is 1.72 bits per heavy atom. The monoisotopic (exact) mass is 366 g/mol. The van der Waals surface area contributed by atoms with E-state index in [1.807, 2.05) is 0 Å². The first-order valence-electron chi connectivity index (χ1n) is 7.45. The van der Waals surface area contributed by atoms with Crippen molar-refractivity contribution in [2.45, 2.75) is 4.90 Å². The molecule has 25 heavy (non-hydrogen) atoms. The smallest absolute Gasteiger partial charge is 0.339 e. The van der Waals surface area contributed by atoms with E-state index in [1.54, 1.807) is 18.2 Å². The molecule has 2 aromatic rings. The molecule has 0 bridgehead atoms. The number of rotatable bonds is 9. The highest BCUT2D eigenvalue weighted by Crippen LogP contribution is 2.22. The van der Waals surface area contributed by atoms with Crippen molar-refractivity contribution in [2.75, 3.05) is 25.6 Å². The summed E-state index contributed by atoms with van der Waals surface area (Å²) in [5.74, 6) is -1.47. The Kier molecular flexibility index (Phi) is 6.37. The first-order valence-corrected chi connectivity index (χ1v) is 9.10. The summed E-state index contributed by atoms with van der Waals surface area (Å²) in [5, 5.41) is 18.3. The molecule has 134 valence electrons. The second-order valence-electron chi connectivity index (χ2n) is 5.08. The second-order valence-corrected chi connectivity index (χ2v) is 7.19. The number of hydrogen-bond acceptors (Lipinski definition) is 6. The van der Waals surface area contributed by atoms with E-state index in [1.165, 1.54) is 30.3 Å². The van der Waals surface area contributed by atoms with Crippen LogP contribution < -0.4 is 4.74 Å². The minimum atomic E-state index is -3.38. The summed E-state index contributed by atoms with van der Waals surface area (Å²) in [6.07, 6.45) is 0. The second kappa shape index (κ2) is 8.50. The van der Waals surface area contributed by atoms with E-state index in [4.69, 9.17) is 14.6 Å². The molecule has 0 aromatic heterocycles. The number of phenols is 1. The summed E-state index contributed by atoms with van der Waals surface area (Å²) in [6.45, 7) is 0.291. The van der Waals surface area contributed by atoms with Crippen LogP contribution in [0.25, 0.3) is 0 Å². The average molecular weight is 366 g/mol. The molecule has 2 aromatic carbocycles. The fourth-order valence-corrected chi connectivity index (χ4v) is 3.16. The van der Waals surface area contributed by atoms with E-state index >= 15 is 0 Å². The third-order valence-electron chi connectivity index (χ3n) is 3.29. The van der Waals surface area contributed by atoms with Crippen LogP contribution in [0.15, 0.2) is 53.4 Å². The summed E-state index contributed by atoms with van der Waals surface area (Å²) in [6, 6.07) is 12.0. The highest BCUT2D eigenvalue weighted by atomic mass is 32.2. The maximum absolute atomic E-state index is 12.0. The van der Waals surface area contributed by atoms with E-state index in [9.17, 15) is 18.3 Å². The maximum atomic E-state index is 12.0. The molecule has 2 rings (SSSR count). The Morgan fingerprint density at radius 3 is 2.40 bits per heavy atom. The van der Waals surface area contributed by atoms with Gasteiger partial charge in [-0.25, -0.2) is 13.2 Å². The molecule has 0 radical (unpaired) electrons. The largest absolute Gasteiger partial charge is 0.507 e. The molecule has 7 nitrogen and oxygen atoms in total. The predicted molar refractivity (Wildman–Crippen MR) is 89.9 cm³/mol. The Hall–Kier alpha value is -2.58. The van der Waals surface area contributed by atoms with Crippen LogP contribution >= 0.6 is 0 Å². The number of carboxylic acids is 1. The predicted octanol–water partition coefficient (Wildman–Crippen LogP) is 1.96. The van der Waals surface area contributed by atoms with E-state index in [0.29, 0.717) is 0 Å². The van der Waals surface area contributed by atoms with Gasteiger partial charge in [0.25, 0.3) is 0 Å². The lowest BCUT2D eigenvalue weighted by molar-refractivity contribution is 0.0693. The average Bonchev–Trinajstić information content (AvgIpc) is 2.59. The minimum absolute atomic E-state index is 0.0243. The van der Waals surface area contributed by atoms with Gasteiger partial charge in [-0.2, -0.15) is 0 Å². The quantitative estimate of drug-likeness (QED) is 0.653. The van der Waals surface area contributed by atoms with Crippen molar-refractivity contribution in [1.29, 1.82) is 0 Å². The van der Waals surface area contributed by atoms with Crippen LogP contribution in [-0.4, -0.2) is 50.2 Å². The first kappa shape index (κ1) is 18.8. The van der Waals surface area contributed by atoms with Crippen molar-refractivity contribution < 1.29 is 32.9 Å². The number of aromatic carboxylic acids is 1. The number of hydrogen-bond donors (Lipinski definition) is 2. The molecule has 0 aliphatic heterocycles. The molecule has 0 amide bonds. The molecular formula is C17H18O7S. The Labute approximate surface area is 145 Å². The van der Waals surface area contributed by atoms with Crippen LogP contribution in [0.3, 0.4) is 0 Å². The van der Waals surface area contributed by atoms with Crippen LogP contribution in [0, 0.1) is 0 Å². The molecule has 0 unspecified atom stereocenters. The zero-order valence-corrected chi connectivity index (χ0v) is 14.1. The number of sulfone groups is 1. The van der Waals surface area contributed by atoms with Gasteiger partial charge in [0.1, 0.15) is 23.7 Å². The van der Waals surface area contributed by atoms with Gasteiger partial charge in [-0.15, -0.1) is 0 Å². The van der Waals surface area contributed by atoms with Crippen molar-refractivity contribution in [3.05, 3.63) is 54.1 Å². The molecule has 0 aliphatic carbocycles. The van der Waals surface area contributed by atoms with Gasteiger partial charge in [0, 0.05) is 0 Å². The number of carboxylic acid groups (broad SMARTS) is 1. The van der Waals surface area contributed by atoms with Gasteiger partial charge in [-0.3, -0.25) is 0 Å². The maximum Gasteiger partial charge on any atom is 0.339 e. The fourth-order valence-electron chi connectivity index (χ4n) is 2.01. The fraction of sp³-hybridized carbons (Fsp3) is 0.235. The van der Waals surface area contributed by atoms with E-state index < -0.39 is 15.8 Å². The molecule has 0 heterocycles. The molecular weight excluding hydrogens is 348 g/mol. The lowest BCUT2D eigenvalue weighted by Gasteiger charge is -2.09. The van der Waals surface area contributed by atoms with Gasteiger partial charge >= 0.3 is 5.97 Å². The lowest BCUT2D eigenvalue weighted by Crippen LogP contribution is -2.15. The van der Waals surface area contributed by atoms with Crippen LogP contribution in [0.2, 0.25) is 0 Å². The zero-order chi connectivity index (χ0) is 18.3. The molecule has 2 N–H and O–H groups in total. The molecule has 0 spiro atoms. The molecule has 0 saturated heterocycles. The van der Waals surface area contributed by atoms with Gasteiger partial charge in [0.2, 0.25) is 0 Å². The van der Waals surface area contributed by atoms with Gasteiger partial charge < -0.3 is 19.7 Å². The Balaban J connectivity index is 1.74. The molecule has 0 aliphatic rings. The van der Waals surface area contributed by atoms with Gasteiger partial charge in [-0.05, 0) is 30.3 Å². The van der Waals surface area contributed by atoms with Gasteiger partial charge in [-0.1, -0.05) is 18.2 Å². The van der Waals surface area contributed by atoms with E-state index in [0.717, 1.165) is 0 Å². The van der Waals surface area contributed by atoms with Crippen molar-refractivity contribution >= 4 is 15.8 Å². The van der Waals surface area contributed by atoms with Crippen LogP contribution in [0.5, 0.6) is 11.5 Å². The highest BCUT2D eigenvalue weighted by molar-refractivity contribution is 7.91. The van der Waals surface area contributed by atoms with Crippen molar-refractivity contribution in [1.82, 2.24) is 0 Å². The number of aromatic hydroxyl groups is 1. The van der Waals surface area contributed by atoms with Gasteiger partial charge in [0.15, 0.2) is 9.84 Å². The Bertz CT molecular complexity index is 816. The SMILES string of the molecule is O=C(O)c1cc(OCCOCCS(=O)(=O)c2ccccc2)ccc1O. The van der Waals surface area contributed by atoms with E-state index in [-0.39, 0.29) is 47.5 Å². The van der Waals surface area contributed by atoms with E-state index in [2.05, 4.69) is 0 Å². The van der Waals surface area contributed by atoms with Crippen molar-refractivity contribution in [3.8, 4) is 11.5 Å². The first-order chi connectivity index (χ1) is 11.9. The normalized spacial score (nSPS) is 11.2. The molecule has 8 heteroatoms. The summed E-state index contributed by atoms with van der Waals surface area (Å²) in [5.41, 5.74) is -0.257. The zero-order valence-electron chi connectivity index (χ0n) is 13.3. The third-order valence-corrected chi connectivity index (χ3v) is 4.99. The standard InChI is InChI=1S/C17H18O7S/c18-16-7-6-13(12-15(16)17(19)20)24-9-8-23-10-11-25(21,22)14-4-2-1-3-5-14/h1-7,12,18H,8-11H2,(H,19,20). The van der Waals surface area contributed by atoms with Crippen LogP contribution in [-0.2, 0) is 14.6 Å². The van der Waals surface area contributed by atoms with Crippen molar-refractivity contribution in [3.63, 3.8) is 0 Å². The topological polar surface area (TPSA) is 110 Å². The number of benzene rings is 2. The molecule has 0 atom stereocenters. The van der Waals surface area contributed by atoms with Crippen LogP contribution in [0.1, 0.15) is 10.4 Å². The third kappa shape index (κ3) is 5.47. The lowest BCUT2D eigenvalue weighted by atomic mass is 10.2. The molecule has 0 fully saturated rings. The Morgan fingerprint density at radius 1 is 1.00 bits per heavy atom. The van der Waals surface area contributed by atoms with Crippen LogP contribution in [0.4, 0.5) is 0 Å². The van der Waals surface area contributed by atoms with Crippen molar-refractivity contribution in [2.24, 2.45) is 0 Å². The summed E-state index contributed by atoms with van der Waals surface area (Å²) < 4.78 is 34.6. The number of carbonyl (C=O) groups is 1. The minimum Gasteiger partial charge on any atom is -0.507 e. The summed E-state index contributed by atoms with van der Waals surface area (Å²) >= 11 is 0. The number of ether oxygens (including phenoxy) is 2. The highest BCUT2D eigenvalue weighted by Gasteiger charge is 2.13. The van der Waals surface area contributed by atoms with Gasteiger partial charge in [0.05, 0.1) is 23.9 Å². The summed E-state index contributed by atoms with van der Waals surface area (Å²) in [4.78, 5) is 11.2.